The second-order valence-corrected chi connectivity index (χ2v) is 8.07. The first-order valence-electron chi connectivity index (χ1n) is 9.39. The Labute approximate surface area is 194 Å². The van der Waals surface area contributed by atoms with Crippen LogP contribution in [0.1, 0.15) is 22.8 Å². The van der Waals surface area contributed by atoms with Crippen LogP contribution < -0.4 is 5.43 Å². The summed E-state index contributed by atoms with van der Waals surface area (Å²) in [6, 6.07) is 21.6. The number of hydrazone groups is 1. The summed E-state index contributed by atoms with van der Waals surface area (Å²) in [6.45, 7) is 1.75. The summed E-state index contributed by atoms with van der Waals surface area (Å²) in [4.78, 5) is 17.8. The summed E-state index contributed by atoms with van der Waals surface area (Å²) in [5, 5.41) is 6.52. The minimum absolute atomic E-state index is 0.371. The van der Waals surface area contributed by atoms with E-state index in [4.69, 9.17) is 34.8 Å². The topological polar surface area (TPSA) is 54.4 Å². The number of para-hydroxylation sites is 1. The number of halogens is 3. The van der Waals surface area contributed by atoms with E-state index >= 15 is 0 Å². The van der Waals surface area contributed by atoms with E-state index in [1.165, 1.54) is 0 Å². The molecule has 3 aromatic carbocycles. The van der Waals surface area contributed by atoms with E-state index in [1.807, 2.05) is 42.5 Å². The fourth-order valence-electron chi connectivity index (χ4n) is 3.20. The lowest BCUT2D eigenvalue weighted by atomic mass is 10.0. The number of aromatic nitrogens is 1. The van der Waals surface area contributed by atoms with Crippen molar-refractivity contribution in [1.29, 1.82) is 0 Å². The summed E-state index contributed by atoms with van der Waals surface area (Å²) >= 11 is 18.6. The van der Waals surface area contributed by atoms with Crippen molar-refractivity contribution in [2.75, 3.05) is 0 Å². The minimum atomic E-state index is -0.371. The van der Waals surface area contributed by atoms with E-state index < -0.39 is 0 Å². The Morgan fingerprint density at radius 2 is 1.61 bits per heavy atom. The normalized spacial score (nSPS) is 11.5. The van der Waals surface area contributed by atoms with Gasteiger partial charge in [-0.15, -0.1) is 0 Å². The van der Waals surface area contributed by atoms with Crippen LogP contribution in [0, 0.1) is 0 Å². The predicted molar refractivity (Wildman–Crippen MR) is 128 cm³/mol. The minimum Gasteiger partial charge on any atom is -0.267 e. The Kier molecular flexibility index (Phi) is 6.23. The van der Waals surface area contributed by atoms with Crippen LogP contribution in [0.25, 0.3) is 22.2 Å². The number of nitrogens with one attached hydrogen (secondary N) is 1. The quantitative estimate of drug-likeness (QED) is 0.258. The van der Waals surface area contributed by atoms with Crippen molar-refractivity contribution in [3.8, 4) is 11.3 Å². The van der Waals surface area contributed by atoms with Crippen LogP contribution in [0.5, 0.6) is 0 Å². The van der Waals surface area contributed by atoms with Gasteiger partial charge in [0.25, 0.3) is 5.91 Å². The van der Waals surface area contributed by atoms with E-state index in [0.717, 1.165) is 5.56 Å². The predicted octanol–water partition coefficient (Wildman–Crippen LogP) is 7.02. The second-order valence-electron chi connectivity index (χ2n) is 6.81. The van der Waals surface area contributed by atoms with Gasteiger partial charge in [-0.05, 0) is 43.3 Å². The first-order chi connectivity index (χ1) is 14.9. The third-order valence-corrected chi connectivity index (χ3v) is 5.65. The molecule has 4 nitrogen and oxygen atoms in total. The molecule has 4 rings (SSSR count). The molecular weight excluding hydrogens is 453 g/mol. The smallest absolute Gasteiger partial charge is 0.267 e. The van der Waals surface area contributed by atoms with Gasteiger partial charge in [0, 0.05) is 31.6 Å². The van der Waals surface area contributed by atoms with Crippen LogP contribution in [0.3, 0.4) is 0 Å². The molecule has 0 atom stereocenters. The number of carbonyl (C=O) groups is 1. The fraction of sp³-hybridized carbons (Fsp3) is 0.0417. The average molecular weight is 469 g/mol. The highest BCUT2D eigenvalue weighted by Crippen LogP contribution is 2.29. The third-order valence-electron chi connectivity index (χ3n) is 4.75. The van der Waals surface area contributed by atoms with Crippen molar-refractivity contribution < 1.29 is 4.79 Å². The fourth-order valence-corrected chi connectivity index (χ4v) is 3.86. The number of nitrogens with zero attached hydrogens (tertiary/aromatic N) is 2. The van der Waals surface area contributed by atoms with Crippen molar-refractivity contribution in [3.05, 3.63) is 99.0 Å². The van der Waals surface area contributed by atoms with E-state index in [2.05, 4.69) is 15.5 Å². The SMILES string of the molecule is CC(=NNC(=O)c1cc(-c2ccccc2Cl)nc2ccccc12)c1cc(Cl)ccc1Cl. The number of pyridine rings is 1. The van der Waals surface area contributed by atoms with E-state index in [9.17, 15) is 4.79 Å². The molecule has 0 bridgehead atoms. The van der Waals surface area contributed by atoms with Gasteiger partial charge in [-0.3, -0.25) is 4.79 Å². The molecule has 31 heavy (non-hydrogen) atoms. The summed E-state index contributed by atoms with van der Waals surface area (Å²) < 4.78 is 0. The Morgan fingerprint density at radius 3 is 2.42 bits per heavy atom. The van der Waals surface area contributed by atoms with Gasteiger partial charge in [0.05, 0.1) is 22.5 Å². The molecule has 1 amide bonds. The number of hydrogen-bond acceptors (Lipinski definition) is 3. The second kappa shape index (κ2) is 9.06. The van der Waals surface area contributed by atoms with Crippen LogP contribution in [0.15, 0.2) is 77.9 Å². The van der Waals surface area contributed by atoms with Gasteiger partial charge in [-0.1, -0.05) is 71.2 Å². The molecule has 154 valence electrons. The van der Waals surface area contributed by atoms with E-state index in [0.29, 0.717) is 48.5 Å². The van der Waals surface area contributed by atoms with Crippen molar-refractivity contribution in [1.82, 2.24) is 10.4 Å². The molecule has 0 aliphatic carbocycles. The lowest BCUT2D eigenvalue weighted by Gasteiger charge is -2.10. The molecule has 0 fully saturated rings. The average Bonchev–Trinajstić information content (AvgIpc) is 2.78. The maximum absolute atomic E-state index is 13.1. The molecule has 0 saturated carbocycles. The van der Waals surface area contributed by atoms with Crippen LogP contribution >= 0.6 is 34.8 Å². The van der Waals surface area contributed by atoms with Crippen molar-refractivity contribution >= 4 is 57.3 Å². The van der Waals surface area contributed by atoms with Crippen LogP contribution in [0.2, 0.25) is 15.1 Å². The van der Waals surface area contributed by atoms with E-state index in [1.54, 1.807) is 37.3 Å². The summed E-state index contributed by atoms with van der Waals surface area (Å²) in [6.07, 6.45) is 0. The van der Waals surface area contributed by atoms with Gasteiger partial charge < -0.3 is 0 Å². The molecule has 4 aromatic rings. The zero-order valence-electron chi connectivity index (χ0n) is 16.4. The molecule has 1 N–H and O–H groups in total. The van der Waals surface area contributed by atoms with Crippen LogP contribution in [-0.2, 0) is 0 Å². The van der Waals surface area contributed by atoms with Crippen LogP contribution in [-0.4, -0.2) is 16.6 Å². The van der Waals surface area contributed by atoms with Gasteiger partial charge in [-0.2, -0.15) is 5.10 Å². The Morgan fingerprint density at radius 1 is 0.871 bits per heavy atom. The molecule has 0 unspecified atom stereocenters. The largest absolute Gasteiger partial charge is 0.272 e. The van der Waals surface area contributed by atoms with Crippen LogP contribution in [0.4, 0.5) is 0 Å². The first-order valence-corrected chi connectivity index (χ1v) is 10.5. The van der Waals surface area contributed by atoms with E-state index in [-0.39, 0.29) is 5.91 Å². The lowest BCUT2D eigenvalue weighted by molar-refractivity contribution is 0.0956. The van der Waals surface area contributed by atoms with Crippen molar-refractivity contribution in [3.63, 3.8) is 0 Å². The number of carbonyl (C=O) groups excluding carboxylic acids is 1. The molecule has 1 aromatic heterocycles. The highest BCUT2D eigenvalue weighted by molar-refractivity contribution is 6.36. The van der Waals surface area contributed by atoms with Crippen molar-refractivity contribution in [2.24, 2.45) is 5.10 Å². The molecular formula is C24H16Cl3N3O. The van der Waals surface area contributed by atoms with Gasteiger partial charge in [0.1, 0.15) is 0 Å². The summed E-state index contributed by atoms with van der Waals surface area (Å²) in [7, 11) is 0. The molecule has 0 saturated heterocycles. The van der Waals surface area contributed by atoms with Gasteiger partial charge in [-0.25, -0.2) is 10.4 Å². The van der Waals surface area contributed by atoms with Gasteiger partial charge >= 0.3 is 0 Å². The zero-order chi connectivity index (χ0) is 22.0. The van der Waals surface area contributed by atoms with Gasteiger partial charge in [0.2, 0.25) is 0 Å². The van der Waals surface area contributed by atoms with Crippen molar-refractivity contribution in [2.45, 2.75) is 6.92 Å². The standard InChI is InChI=1S/C24H16Cl3N3O/c1-14(18-12-15(25)10-11-21(18)27)29-30-24(31)19-13-23(17-7-2-4-8-20(17)26)28-22-9-5-3-6-16(19)22/h2-13H,1H3,(H,30,31). The Balaban J connectivity index is 1.74. The summed E-state index contributed by atoms with van der Waals surface area (Å²) in [5.74, 6) is -0.371. The molecule has 0 aliphatic rings. The molecule has 7 heteroatoms. The molecule has 0 radical (unpaired) electrons. The first kappa shape index (κ1) is 21.3. The lowest BCUT2D eigenvalue weighted by Crippen LogP contribution is -2.20. The molecule has 0 aliphatic heterocycles. The number of rotatable bonds is 4. The number of amides is 1. The maximum atomic E-state index is 13.1. The number of fused-ring (bicyclic) bond motifs is 1. The molecule has 1 heterocycles. The monoisotopic (exact) mass is 467 g/mol. The number of benzene rings is 3. The maximum Gasteiger partial charge on any atom is 0.272 e. The number of hydrogen-bond donors (Lipinski definition) is 1. The molecule has 0 spiro atoms. The Hall–Kier alpha value is -2.92. The summed E-state index contributed by atoms with van der Waals surface area (Å²) in [5.41, 5.74) is 6.27. The third kappa shape index (κ3) is 4.57. The Bertz CT molecular complexity index is 1330. The van der Waals surface area contributed by atoms with Gasteiger partial charge in [0.15, 0.2) is 0 Å². The highest BCUT2D eigenvalue weighted by atomic mass is 35.5. The highest BCUT2D eigenvalue weighted by Gasteiger charge is 2.15. The zero-order valence-corrected chi connectivity index (χ0v) is 18.6.